The summed E-state index contributed by atoms with van der Waals surface area (Å²) in [6, 6.07) is 21.5. The number of nitrogen functional groups attached to an aromatic ring is 1. The van der Waals surface area contributed by atoms with Crippen LogP contribution in [0.1, 0.15) is 31.4 Å². The Morgan fingerprint density at radius 2 is 1.82 bits per heavy atom. The maximum atomic E-state index is 12.8. The third kappa shape index (κ3) is 9.24. The third-order valence-electron chi connectivity index (χ3n) is 5.66. The van der Waals surface area contributed by atoms with Gasteiger partial charge in [0, 0.05) is 10.2 Å². The molecule has 3 rings (SSSR count). The van der Waals surface area contributed by atoms with Crippen LogP contribution in [0.15, 0.2) is 89.4 Å². The van der Waals surface area contributed by atoms with Crippen molar-refractivity contribution in [3.05, 3.63) is 95.0 Å². The first-order valence-electron chi connectivity index (χ1n) is 12.2. The average Bonchev–Trinajstić information content (AvgIpc) is 2.91. The highest BCUT2D eigenvalue weighted by atomic mass is 79.9. The Kier molecular flexibility index (Phi) is 11.2. The second-order valence-corrected chi connectivity index (χ2v) is 9.55. The highest BCUT2D eigenvalue weighted by molar-refractivity contribution is 9.10. The molecule has 0 aliphatic rings. The van der Waals surface area contributed by atoms with Gasteiger partial charge in [-0.25, -0.2) is 4.79 Å². The first-order chi connectivity index (χ1) is 18.4. The van der Waals surface area contributed by atoms with E-state index >= 15 is 0 Å². The molecule has 0 spiro atoms. The topological polar surface area (TPSA) is 123 Å². The van der Waals surface area contributed by atoms with Crippen LogP contribution in [0.5, 0.6) is 5.75 Å². The van der Waals surface area contributed by atoms with E-state index in [1.54, 1.807) is 54.6 Å². The van der Waals surface area contributed by atoms with E-state index in [1.807, 2.05) is 31.2 Å². The fraction of sp³-hybridized carbons (Fsp3) is 0.241. The second kappa shape index (κ2) is 14.8. The van der Waals surface area contributed by atoms with E-state index in [9.17, 15) is 9.59 Å². The molecule has 200 valence electrons. The van der Waals surface area contributed by atoms with E-state index in [0.29, 0.717) is 35.7 Å². The van der Waals surface area contributed by atoms with Crippen LogP contribution in [-0.4, -0.2) is 30.3 Å². The molecule has 2 atom stereocenters. The Balaban J connectivity index is 1.65. The van der Waals surface area contributed by atoms with Crippen LogP contribution in [0.3, 0.4) is 0 Å². The molecule has 0 heterocycles. The van der Waals surface area contributed by atoms with E-state index < -0.39 is 12.2 Å². The number of aliphatic hydroxyl groups is 1. The van der Waals surface area contributed by atoms with Gasteiger partial charge in [-0.15, -0.1) is 0 Å². The molecule has 0 aromatic heterocycles. The molecule has 3 aromatic carbocycles. The fourth-order valence-electron chi connectivity index (χ4n) is 3.74. The van der Waals surface area contributed by atoms with Gasteiger partial charge in [0.1, 0.15) is 18.5 Å². The number of allylic oxidation sites excluding steroid dienone is 1. The van der Waals surface area contributed by atoms with Crippen LogP contribution in [0.2, 0.25) is 0 Å². The predicted molar refractivity (Wildman–Crippen MR) is 153 cm³/mol. The zero-order chi connectivity index (χ0) is 27.3. The Morgan fingerprint density at radius 3 is 2.55 bits per heavy atom. The largest absolute Gasteiger partial charge is 0.491 e. The van der Waals surface area contributed by atoms with Crippen molar-refractivity contribution >= 4 is 45.0 Å². The first-order valence-corrected chi connectivity index (χ1v) is 13.0. The van der Waals surface area contributed by atoms with Crippen molar-refractivity contribution < 1.29 is 24.2 Å². The lowest BCUT2D eigenvalue weighted by molar-refractivity contribution is -0.111. The predicted octanol–water partition coefficient (Wildman–Crippen LogP) is 6.30. The third-order valence-corrected chi connectivity index (χ3v) is 6.19. The van der Waals surface area contributed by atoms with Gasteiger partial charge in [0.25, 0.3) is 0 Å². The molecule has 0 radical (unpaired) electrons. The standard InChI is InChI=1S/C29H32BrN3O5/c1-20(7-2-5-12-27(35)33-26-11-4-3-10-25(26)31)28(21-8-6-9-24(19-21)37-18-17-34)38-29(36)32-23-15-13-22(30)14-16-23/h3-6,8-16,19-20,28,34H,2,7,17-18,31H2,1H3,(H,32,36)(H,33,35)/b12-5+/t20-,28+/m0/s1. The minimum Gasteiger partial charge on any atom is -0.491 e. The fourth-order valence-corrected chi connectivity index (χ4v) is 4.00. The lowest BCUT2D eigenvalue weighted by Gasteiger charge is -2.25. The lowest BCUT2D eigenvalue weighted by atomic mass is 9.93. The molecule has 0 fully saturated rings. The summed E-state index contributed by atoms with van der Waals surface area (Å²) in [6.45, 7) is 2.04. The van der Waals surface area contributed by atoms with Gasteiger partial charge in [0.15, 0.2) is 0 Å². The van der Waals surface area contributed by atoms with Gasteiger partial charge >= 0.3 is 6.09 Å². The molecule has 0 aliphatic heterocycles. The van der Waals surface area contributed by atoms with E-state index in [0.717, 1.165) is 10.0 Å². The zero-order valence-corrected chi connectivity index (χ0v) is 22.7. The summed E-state index contributed by atoms with van der Waals surface area (Å²) in [5.41, 5.74) is 8.30. The molecule has 2 amide bonds. The molecule has 38 heavy (non-hydrogen) atoms. The number of ether oxygens (including phenoxy) is 2. The maximum Gasteiger partial charge on any atom is 0.412 e. The van der Waals surface area contributed by atoms with Gasteiger partial charge in [0.05, 0.1) is 18.0 Å². The number of aliphatic hydroxyl groups excluding tert-OH is 1. The Hall–Kier alpha value is -3.82. The van der Waals surface area contributed by atoms with Gasteiger partial charge in [-0.3, -0.25) is 10.1 Å². The number of carbonyl (C=O) groups is 2. The Bertz CT molecular complexity index is 1230. The summed E-state index contributed by atoms with van der Waals surface area (Å²) >= 11 is 3.38. The number of amides is 2. The Morgan fingerprint density at radius 1 is 1.05 bits per heavy atom. The lowest BCUT2D eigenvalue weighted by Crippen LogP contribution is -2.22. The molecule has 0 saturated carbocycles. The molecular weight excluding hydrogens is 550 g/mol. The van der Waals surface area contributed by atoms with Gasteiger partial charge in [-0.05, 0) is 78.9 Å². The number of nitrogens with two attached hydrogens (primary N) is 1. The molecule has 0 bridgehead atoms. The van der Waals surface area contributed by atoms with Gasteiger partial charge in [-0.1, -0.05) is 53.2 Å². The summed E-state index contributed by atoms with van der Waals surface area (Å²) < 4.78 is 12.3. The van der Waals surface area contributed by atoms with Crippen LogP contribution in [0.4, 0.5) is 21.9 Å². The number of anilines is 3. The highest BCUT2D eigenvalue weighted by Crippen LogP contribution is 2.32. The van der Waals surface area contributed by atoms with Gasteiger partial charge in [0.2, 0.25) is 5.91 Å². The average molecular weight is 582 g/mol. The highest BCUT2D eigenvalue weighted by Gasteiger charge is 2.24. The Labute approximate surface area is 231 Å². The van der Waals surface area contributed by atoms with Crippen LogP contribution in [-0.2, 0) is 9.53 Å². The minimum absolute atomic E-state index is 0.0868. The zero-order valence-electron chi connectivity index (χ0n) is 21.1. The normalized spacial score (nSPS) is 12.5. The number of nitrogens with one attached hydrogen (secondary N) is 2. The van der Waals surface area contributed by atoms with E-state index in [-0.39, 0.29) is 25.0 Å². The monoisotopic (exact) mass is 581 g/mol. The molecule has 0 saturated heterocycles. The van der Waals surface area contributed by atoms with Crippen LogP contribution >= 0.6 is 15.9 Å². The van der Waals surface area contributed by atoms with E-state index in [4.69, 9.17) is 20.3 Å². The summed E-state index contributed by atoms with van der Waals surface area (Å²) in [5.74, 6) is 0.213. The minimum atomic E-state index is -0.582. The smallest absolute Gasteiger partial charge is 0.412 e. The molecule has 0 aliphatic carbocycles. The van der Waals surface area contributed by atoms with Gasteiger partial charge in [-0.2, -0.15) is 0 Å². The second-order valence-electron chi connectivity index (χ2n) is 8.64. The number of carbonyl (C=O) groups excluding carboxylic acids is 2. The number of hydrogen-bond donors (Lipinski definition) is 4. The van der Waals surface area contributed by atoms with Crippen LogP contribution in [0, 0.1) is 5.92 Å². The first kappa shape index (κ1) is 28.7. The molecule has 8 nitrogen and oxygen atoms in total. The number of halogens is 1. The van der Waals surface area contributed by atoms with Crippen molar-refractivity contribution in [3.63, 3.8) is 0 Å². The van der Waals surface area contributed by atoms with Crippen LogP contribution < -0.4 is 21.1 Å². The summed E-state index contributed by atoms with van der Waals surface area (Å²) in [4.78, 5) is 25.0. The number of benzene rings is 3. The van der Waals surface area contributed by atoms with Crippen LogP contribution in [0.25, 0.3) is 0 Å². The van der Waals surface area contributed by atoms with Crippen molar-refractivity contribution in [2.24, 2.45) is 5.92 Å². The number of rotatable bonds is 12. The van der Waals surface area contributed by atoms with Crippen molar-refractivity contribution in [1.29, 1.82) is 0 Å². The summed E-state index contributed by atoms with van der Waals surface area (Å²) in [5, 5.41) is 14.6. The maximum absolute atomic E-state index is 12.8. The SMILES string of the molecule is C[C@@H](CC/C=C/C(=O)Nc1ccccc1N)[C@@H](OC(=O)Nc1ccc(Br)cc1)c1cccc(OCCO)c1. The van der Waals surface area contributed by atoms with Crippen molar-refractivity contribution in [2.75, 3.05) is 29.6 Å². The summed E-state index contributed by atoms with van der Waals surface area (Å²) in [7, 11) is 0. The molecular formula is C29H32BrN3O5. The van der Waals surface area contributed by atoms with Crippen molar-refractivity contribution in [1.82, 2.24) is 0 Å². The summed E-state index contributed by atoms with van der Waals surface area (Å²) in [6.07, 6.45) is 3.34. The van der Waals surface area contributed by atoms with E-state index in [2.05, 4.69) is 26.6 Å². The van der Waals surface area contributed by atoms with Crippen molar-refractivity contribution in [2.45, 2.75) is 25.9 Å². The molecule has 9 heteroatoms. The quantitative estimate of drug-likeness (QED) is 0.147. The molecule has 5 N–H and O–H groups in total. The number of hydrogen-bond acceptors (Lipinski definition) is 6. The molecule has 0 unspecified atom stereocenters. The van der Waals surface area contributed by atoms with Gasteiger partial charge < -0.3 is 25.6 Å². The number of para-hydroxylation sites is 2. The molecule has 3 aromatic rings. The van der Waals surface area contributed by atoms with E-state index in [1.165, 1.54) is 6.08 Å². The van der Waals surface area contributed by atoms with Crippen molar-refractivity contribution in [3.8, 4) is 5.75 Å².